The van der Waals surface area contributed by atoms with Crippen molar-refractivity contribution in [3.05, 3.63) is 259 Å². The first-order chi connectivity index (χ1) is 31.7. The number of benzene rings is 10. The molecule has 2 aromatic heterocycles. The van der Waals surface area contributed by atoms with E-state index in [-0.39, 0.29) is 0 Å². The van der Waals surface area contributed by atoms with E-state index >= 15 is 0 Å². The SMILES string of the molecule is c1ccc(C2(c3ccccc3)c3ccccc3-c3cc(N(c4cccc(-c5ccc6sc7ccccc7c6c5)c4)c4cccc(-c5cccc6c5sc5ccccc56)c4)ccc32)cc1. The molecule has 0 saturated carbocycles. The van der Waals surface area contributed by atoms with Gasteiger partial charge in [0.15, 0.2) is 0 Å². The van der Waals surface area contributed by atoms with Gasteiger partial charge in [0.25, 0.3) is 0 Å². The molecule has 0 N–H and O–H groups in total. The molecule has 0 radical (unpaired) electrons. The molecule has 13 rings (SSSR count). The molecule has 12 aromatic rings. The molecule has 0 amide bonds. The minimum Gasteiger partial charge on any atom is -0.310 e. The van der Waals surface area contributed by atoms with Crippen molar-refractivity contribution < 1.29 is 0 Å². The van der Waals surface area contributed by atoms with Crippen LogP contribution in [0.4, 0.5) is 17.1 Å². The summed E-state index contributed by atoms with van der Waals surface area (Å²) in [5.41, 5.74) is 15.4. The van der Waals surface area contributed by atoms with E-state index in [4.69, 9.17) is 0 Å². The fourth-order valence-electron chi connectivity index (χ4n) is 10.5. The quantitative estimate of drug-likeness (QED) is 0.154. The topological polar surface area (TPSA) is 3.24 Å². The van der Waals surface area contributed by atoms with Crippen LogP contribution in [-0.4, -0.2) is 0 Å². The molecule has 0 unspecified atom stereocenters. The van der Waals surface area contributed by atoms with Crippen LogP contribution in [0.1, 0.15) is 22.3 Å². The Labute approximate surface area is 380 Å². The summed E-state index contributed by atoms with van der Waals surface area (Å²) < 4.78 is 5.27. The first kappa shape index (κ1) is 37.0. The monoisotopic (exact) mass is 849 g/mol. The van der Waals surface area contributed by atoms with Crippen molar-refractivity contribution in [1.29, 1.82) is 0 Å². The number of thiophene rings is 2. The van der Waals surface area contributed by atoms with Crippen molar-refractivity contribution in [1.82, 2.24) is 0 Å². The molecule has 0 aliphatic heterocycles. The molecule has 3 heteroatoms. The minimum atomic E-state index is -0.467. The van der Waals surface area contributed by atoms with E-state index in [1.807, 2.05) is 22.7 Å². The van der Waals surface area contributed by atoms with Gasteiger partial charge in [-0.1, -0.05) is 176 Å². The highest BCUT2D eigenvalue weighted by atomic mass is 32.1. The molecule has 2 heterocycles. The van der Waals surface area contributed by atoms with Crippen LogP contribution >= 0.6 is 22.7 Å². The van der Waals surface area contributed by atoms with Gasteiger partial charge in [-0.05, 0) is 116 Å². The van der Waals surface area contributed by atoms with E-state index in [1.165, 1.54) is 96.0 Å². The van der Waals surface area contributed by atoms with E-state index in [1.54, 1.807) is 0 Å². The third-order valence-corrected chi connectivity index (χ3v) is 15.7. The summed E-state index contributed by atoms with van der Waals surface area (Å²) in [7, 11) is 0. The number of rotatable bonds is 7. The summed E-state index contributed by atoms with van der Waals surface area (Å²) in [4.78, 5) is 2.46. The van der Waals surface area contributed by atoms with Crippen LogP contribution in [-0.2, 0) is 5.41 Å². The van der Waals surface area contributed by atoms with E-state index in [9.17, 15) is 0 Å². The zero-order chi connectivity index (χ0) is 42.2. The van der Waals surface area contributed by atoms with Crippen LogP contribution in [0.15, 0.2) is 237 Å². The summed E-state index contributed by atoms with van der Waals surface area (Å²) in [5, 5.41) is 5.24. The van der Waals surface area contributed by atoms with Crippen molar-refractivity contribution in [3.63, 3.8) is 0 Å². The normalized spacial score (nSPS) is 12.8. The van der Waals surface area contributed by atoms with Gasteiger partial charge in [0.1, 0.15) is 0 Å². The third-order valence-electron chi connectivity index (χ3n) is 13.3. The fourth-order valence-corrected chi connectivity index (χ4v) is 12.9. The first-order valence-corrected chi connectivity index (χ1v) is 23.5. The van der Waals surface area contributed by atoms with Gasteiger partial charge in [-0.15, -0.1) is 22.7 Å². The summed E-state index contributed by atoms with van der Waals surface area (Å²) in [5.74, 6) is 0. The Morgan fingerprint density at radius 1 is 0.297 bits per heavy atom. The molecule has 300 valence electrons. The molecule has 0 bridgehead atoms. The van der Waals surface area contributed by atoms with Gasteiger partial charge >= 0.3 is 0 Å². The van der Waals surface area contributed by atoms with Crippen molar-refractivity contribution in [2.45, 2.75) is 5.41 Å². The van der Waals surface area contributed by atoms with Crippen LogP contribution in [0.25, 0.3) is 73.7 Å². The zero-order valence-electron chi connectivity index (χ0n) is 34.8. The lowest BCUT2D eigenvalue weighted by Crippen LogP contribution is -2.28. The second-order valence-electron chi connectivity index (χ2n) is 16.8. The number of anilines is 3. The zero-order valence-corrected chi connectivity index (χ0v) is 36.4. The highest BCUT2D eigenvalue weighted by Gasteiger charge is 2.46. The average molecular weight is 850 g/mol. The molecular formula is C61H39NS2. The second kappa shape index (κ2) is 14.8. The Kier molecular flexibility index (Phi) is 8.55. The summed E-state index contributed by atoms with van der Waals surface area (Å²) in [6, 6.07) is 87.8. The van der Waals surface area contributed by atoms with Crippen LogP contribution < -0.4 is 4.90 Å². The van der Waals surface area contributed by atoms with Crippen molar-refractivity contribution in [2.75, 3.05) is 4.90 Å². The van der Waals surface area contributed by atoms with Crippen LogP contribution in [0.2, 0.25) is 0 Å². The van der Waals surface area contributed by atoms with E-state index in [0.29, 0.717) is 0 Å². The van der Waals surface area contributed by atoms with Crippen LogP contribution in [0.3, 0.4) is 0 Å². The van der Waals surface area contributed by atoms with E-state index in [2.05, 4.69) is 241 Å². The predicted octanol–water partition coefficient (Wildman–Crippen LogP) is 17.6. The van der Waals surface area contributed by atoms with Crippen molar-refractivity contribution >= 4 is 80.1 Å². The number of hydrogen-bond acceptors (Lipinski definition) is 3. The smallest absolute Gasteiger partial charge is 0.0713 e. The Balaban J connectivity index is 1.02. The van der Waals surface area contributed by atoms with Crippen LogP contribution in [0.5, 0.6) is 0 Å². The lowest BCUT2D eigenvalue weighted by Gasteiger charge is -2.34. The molecule has 10 aromatic carbocycles. The molecule has 1 aliphatic rings. The average Bonchev–Trinajstić information content (AvgIpc) is 4.03. The molecular weight excluding hydrogens is 811 g/mol. The molecule has 0 spiro atoms. The van der Waals surface area contributed by atoms with Gasteiger partial charge in [-0.25, -0.2) is 0 Å². The standard InChI is InChI=1S/C61H39NS2/c1-3-18-43(19-4-1)61(44-20-5-2-6-21-44)55-29-10-7-24-49(55)53-39-47(33-34-56(53)61)62(45-22-13-16-40(36-45)41-32-35-59-54(38-41)51-26-9-11-30-57(51)63-59)46-23-14-17-42(37-46)48-27-15-28-52-50-25-8-12-31-58(50)64-60(48)52/h1-39H. The predicted molar refractivity (Wildman–Crippen MR) is 275 cm³/mol. The van der Waals surface area contributed by atoms with E-state index in [0.717, 1.165) is 17.1 Å². The van der Waals surface area contributed by atoms with Crippen molar-refractivity contribution in [3.8, 4) is 33.4 Å². The maximum Gasteiger partial charge on any atom is 0.0713 e. The molecule has 1 aliphatic carbocycles. The largest absolute Gasteiger partial charge is 0.310 e. The van der Waals surface area contributed by atoms with Gasteiger partial charge in [0, 0.05) is 57.4 Å². The molecule has 0 saturated heterocycles. The summed E-state index contributed by atoms with van der Waals surface area (Å²) in [6.45, 7) is 0. The van der Waals surface area contributed by atoms with Gasteiger partial charge < -0.3 is 4.90 Å². The van der Waals surface area contributed by atoms with Gasteiger partial charge in [-0.2, -0.15) is 0 Å². The Hall–Kier alpha value is -7.56. The van der Waals surface area contributed by atoms with E-state index < -0.39 is 5.41 Å². The summed E-state index contributed by atoms with van der Waals surface area (Å²) in [6.07, 6.45) is 0. The summed E-state index contributed by atoms with van der Waals surface area (Å²) >= 11 is 3.75. The lowest BCUT2D eigenvalue weighted by molar-refractivity contribution is 0.768. The highest BCUT2D eigenvalue weighted by molar-refractivity contribution is 7.26. The molecule has 0 atom stereocenters. The number of hydrogen-bond donors (Lipinski definition) is 0. The fraction of sp³-hybridized carbons (Fsp3) is 0.0164. The Morgan fingerprint density at radius 2 is 0.828 bits per heavy atom. The number of fused-ring (bicyclic) bond motifs is 9. The van der Waals surface area contributed by atoms with Gasteiger partial charge in [0.2, 0.25) is 0 Å². The maximum atomic E-state index is 2.46. The third kappa shape index (κ3) is 5.68. The Bertz CT molecular complexity index is 3710. The van der Waals surface area contributed by atoms with Crippen molar-refractivity contribution in [2.24, 2.45) is 0 Å². The first-order valence-electron chi connectivity index (χ1n) is 21.9. The Morgan fingerprint density at radius 3 is 1.59 bits per heavy atom. The maximum absolute atomic E-state index is 2.46. The highest BCUT2D eigenvalue weighted by Crippen LogP contribution is 2.57. The lowest BCUT2D eigenvalue weighted by atomic mass is 9.68. The number of nitrogens with zero attached hydrogens (tertiary/aromatic N) is 1. The molecule has 1 nitrogen and oxygen atoms in total. The van der Waals surface area contributed by atoms with Gasteiger partial charge in [0.05, 0.1) is 5.41 Å². The van der Waals surface area contributed by atoms with Crippen LogP contribution in [0, 0.1) is 0 Å². The van der Waals surface area contributed by atoms with Gasteiger partial charge in [-0.3, -0.25) is 0 Å². The minimum absolute atomic E-state index is 0.467. The molecule has 0 fully saturated rings. The molecule has 64 heavy (non-hydrogen) atoms. The second-order valence-corrected chi connectivity index (χ2v) is 18.9.